The summed E-state index contributed by atoms with van der Waals surface area (Å²) >= 11 is 0. The second kappa shape index (κ2) is 6.41. The number of rotatable bonds is 4. The van der Waals surface area contributed by atoms with Crippen LogP contribution in [-0.4, -0.2) is 35.7 Å². The maximum absolute atomic E-state index is 11.4. The molecule has 0 aliphatic carbocycles. The molecule has 2 heterocycles. The zero-order chi connectivity index (χ0) is 18.3. The summed E-state index contributed by atoms with van der Waals surface area (Å²) in [6.07, 6.45) is 1.15. The lowest BCUT2D eigenvalue weighted by Crippen LogP contribution is -2.35. The van der Waals surface area contributed by atoms with Crippen molar-refractivity contribution in [1.82, 2.24) is 14.5 Å². The van der Waals surface area contributed by atoms with Crippen molar-refractivity contribution in [3.63, 3.8) is 0 Å². The molecule has 0 radical (unpaired) electrons. The number of fused-ring (bicyclic) bond motifs is 3. The highest BCUT2D eigenvalue weighted by molar-refractivity contribution is 7.92. The Bertz CT molecular complexity index is 1040. The fourth-order valence-corrected chi connectivity index (χ4v) is 4.14. The molecule has 3 aromatic rings. The number of hydrogen-bond donors (Lipinski definition) is 1. The molecular weight excluding hydrogens is 348 g/mol. The van der Waals surface area contributed by atoms with Crippen LogP contribution in [0, 0.1) is 0 Å². The molecule has 2 aromatic carbocycles. The minimum absolute atomic E-state index is 0.326. The van der Waals surface area contributed by atoms with E-state index in [0.717, 1.165) is 42.7 Å². The molecule has 6 nitrogen and oxygen atoms in total. The van der Waals surface area contributed by atoms with Gasteiger partial charge >= 0.3 is 0 Å². The third-order valence-electron chi connectivity index (χ3n) is 4.92. The Morgan fingerprint density at radius 3 is 2.62 bits per heavy atom. The van der Waals surface area contributed by atoms with Crippen molar-refractivity contribution in [1.29, 1.82) is 0 Å². The van der Waals surface area contributed by atoms with E-state index in [1.807, 2.05) is 12.1 Å². The molecule has 136 valence electrons. The number of aromatic nitrogens is 2. The number of imidazole rings is 1. The van der Waals surface area contributed by atoms with Crippen molar-refractivity contribution in [3.05, 3.63) is 59.9 Å². The van der Waals surface area contributed by atoms with Crippen LogP contribution >= 0.6 is 0 Å². The smallest absolute Gasteiger partial charge is 0.229 e. The molecule has 1 aliphatic heterocycles. The SMILES string of the molecule is C[C@H](c1ccccc1)N1CCn2c(nc3cc(NS(C)(=O)=O)ccc32)C1. The zero-order valence-electron chi connectivity index (χ0n) is 14.9. The number of benzene rings is 2. The molecule has 0 bridgehead atoms. The molecule has 0 amide bonds. The maximum atomic E-state index is 11.4. The molecular formula is C19H22N4O2S. The van der Waals surface area contributed by atoms with E-state index in [4.69, 9.17) is 4.98 Å². The largest absolute Gasteiger partial charge is 0.326 e. The third kappa shape index (κ3) is 3.32. The van der Waals surface area contributed by atoms with Gasteiger partial charge in [0.15, 0.2) is 0 Å². The molecule has 0 saturated heterocycles. The van der Waals surface area contributed by atoms with Gasteiger partial charge in [-0.15, -0.1) is 0 Å². The van der Waals surface area contributed by atoms with Crippen molar-refractivity contribution in [3.8, 4) is 0 Å². The monoisotopic (exact) mass is 370 g/mol. The van der Waals surface area contributed by atoms with Crippen LogP contribution < -0.4 is 4.72 Å². The van der Waals surface area contributed by atoms with Crippen molar-refractivity contribution < 1.29 is 8.42 Å². The summed E-state index contributed by atoms with van der Waals surface area (Å²) in [7, 11) is -3.29. The third-order valence-corrected chi connectivity index (χ3v) is 5.52. The lowest BCUT2D eigenvalue weighted by molar-refractivity contribution is 0.165. The van der Waals surface area contributed by atoms with Crippen LogP contribution in [0.15, 0.2) is 48.5 Å². The van der Waals surface area contributed by atoms with E-state index in [0.29, 0.717) is 11.7 Å². The first-order valence-electron chi connectivity index (χ1n) is 8.67. The molecule has 0 fully saturated rings. The fourth-order valence-electron chi connectivity index (χ4n) is 3.59. The van der Waals surface area contributed by atoms with Crippen LogP contribution in [0.2, 0.25) is 0 Å². The van der Waals surface area contributed by atoms with Crippen LogP contribution in [0.5, 0.6) is 0 Å². The van der Waals surface area contributed by atoms with Gasteiger partial charge in [0.25, 0.3) is 0 Å². The molecule has 0 saturated carbocycles. The molecule has 4 rings (SSSR count). The summed E-state index contributed by atoms with van der Waals surface area (Å²) in [5.74, 6) is 1.02. The molecule has 1 N–H and O–H groups in total. The van der Waals surface area contributed by atoms with Gasteiger partial charge in [0.1, 0.15) is 5.82 Å². The number of sulfonamides is 1. The maximum Gasteiger partial charge on any atom is 0.229 e. The number of nitrogens with zero attached hydrogens (tertiary/aromatic N) is 3. The molecule has 1 aromatic heterocycles. The second-order valence-corrected chi connectivity index (χ2v) is 8.56. The lowest BCUT2D eigenvalue weighted by atomic mass is 10.1. The van der Waals surface area contributed by atoms with Gasteiger partial charge in [-0.3, -0.25) is 9.62 Å². The number of hydrogen-bond acceptors (Lipinski definition) is 4. The fraction of sp³-hybridized carbons (Fsp3) is 0.316. The van der Waals surface area contributed by atoms with E-state index >= 15 is 0 Å². The van der Waals surface area contributed by atoms with Gasteiger partial charge in [-0.1, -0.05) is 30.3 Å². The highest BCUT2D eigenvalue weighted by atomic mass is 32.2. The molecule has 7 heteroatoms. The first kappa shape index (κ1) is 17.1. The van der Waals surface area contributed by atoms with Crippen molar-refractivity contribution in [2.75, 3.05) is 17.5 Å². The summed E-state index contributed by atoms with van der Waals surface area (Å²) in [5.41, 5.74) is 3.72. The normalized spacial score (nSPS) is 16.4. The summed E-state index contributed by atoms with van der Waals surface area (Å²) in [6, 6.07) is 16.3. The van der Waals surface area contributed by atoms with E-state index in [1.165, 1.54) is 5.56 Å². The minimum Gasteiger partial charge on any atom is -0.326 e. The average molecular weight is 370 g/mol. The van der Waals surface area contributed by atoms with Crippen LogP contribution in [0.3, 0.4) is 0 Å². The summed E-state index contributed by atoms with van der Waals surface area (Å²) < 4.78 is 27.6. The Hall–Kier alpha value is -2.38. The van der Waals surface area contributed by atoms with Gasteiger partial charge in [-0.05, 0) is 30.7 Å². The second-order valence-electron chi connectivity index (χ2n) is 6.81. The number of anilines is 1. The summed E-state index contributed by atoms with van der Waals surface area (Å²) in [6.45, 7) is 4.83. The highest BCUT2D eigenvalue weighted by Gasteiger charge is 2.24. The van der Waals surface area contributed by atoms with E-state index in [2.05, 4.69) is 45.4 Å². The first-order chi connectivity index (χ1) is 12.4. The topological polar surface area (TPSA) is 67.2 Å². The molecule has 1 atom stereocenters. The molecule has 1 aliphatic rings. The van der Waals surface area contributed by atoms with Crippen LogP contribution in [0.4, 0.5) is 5.69 Å². The van der Waals surface area contributed by atoms with E-state index in [9.17, 15) is 8.42 Å². The molecule has 26 heavy (non-hydrogen) atoms. The average Bonchev–Trinajstić information content (AvgIpc) is 2.97. The Morgan fingerprint density at radius 2 is 1.88 bits per heavy atom. The van der Waals surface area contributed by atoms with Gasteiger partial charge < -0.3 is 4.57 Å². The Kier molecular flexibility index (Phi) is 4.20. The van der Waals surface area contributed by atoms with Crippen molar-refractivity contribution in [2.24, 2.45) is 0 Å². The quantitative estimate of drug-likeness (QED) is 0.767. The van der Waals surface area contributed by atoms with E-state index in [1.54, 1.807) is 12.1 Å². The Balaban J connectivity index is 1.62. The minimum atomic E-state index is -3.29. The number of nitrogens with one attached hydrogen (secondary N) is 1. The Morgan fingerprint density at radius 1 is 1.12 bits per heavy atom. The van der Waals surface area contributed by atoms with Crippen molar-refractivity contribution >= 4 is 26.7 Å². The van der Waals surface area contributed by atoms with Gasteiger partial charge in [-0.25, -0.2) is 13.4 Å². The predicted molar refractivity (Wildman–Crippen MR) is 103 cm³/mol. The van der Waals surface area contributed by atoms with E-state index < -0.39 is 10.0 Å². The van der Waals surface area contributed by atoms with Crippen LogP contribution in [-0.2, 0) is 23.1 Å². The van der Waals surface area contributed by atoms with Gasteiger partial charge in [0, 0.05) is 19.1 Å². The van der Waals surface area contributed by atoms with Crippen molar-refractivity contribution in [2.45, 2.75) is 26.1 Å². The van der Waals surface area contributed by atoms with Crippen LogP contribution in [0.1, 0.15) is 24.4 Å². The zero-order valence-corrected chi connectivity index (χ0v) is 15.7. The van der Waals surface area contributed by atoms with Crippen LogP contribution in [0.25, 0.3) is 11.0 Å². The Labute approximate surface area is 153 Å². The summed E-state index contributed by atoms with van der Waals surface area (Å²) in [4.78, 5) is 7.18. The lowest BCUT2D eigenvalue weighted by Gasteiger charge is -2.33. The van der Waals surface area contributed by atoms with E-state index in [-0.39, 0.29) is 0 Å². The van der Waals surface area contributed by atoms with Gasteiger partial charge in [0.2, 0.25) is 10.0 Å². The molecule has 0 unspecified atom stereocenters. The van der Waals surface area contributed by atoms with Gasteiger partial charge in [0.05, 0.1) is 29.5 Å². The van der Waals surface area contributed by atoms with Gasteiger partial charge in [-0.2, -0.15) is 0 Å². The predicted octanol–water partition coefficient (Wildman–Crippen LogP) is 2.98. The summed E-state index contributed by atoms with van der Waals surface area (Å²) in [5, 5.41) is 0. The highest BCUT2D eigenvalue weighted by Crippen LogP contribution is 2.28. The standard InChI is InChI=1S/C19H22N4O2S/c1-14(15-6-4-3-5-7-15)22-10-11-23-18-9-8-16(21-26(2,24)25)12-17(18)20-19(23)13-22/h3-9,12,14,21H,10-11,13H2,1-2H3/t14-/m1/s1. The molecule has 0 spiro atoms. The first-order valence-corrected chi connectivity index (χ1v) is 10.6.